The third-order valence-corrected chi connectivity index (χ3v) is 4.48. The number of carbonyl (C=O) groups excluding carboxylic acids is 1. The van der Waals surface area contributed by atoms with Crippen molar-refractivity contribution in [3.05, 3.63) is 0 Å². The summed E-state index contributed by atoms with van der Waals surface area (Å²) in [5.74, 6) is -0.196. The fourth-order valence-electron chi connectivity index (χ4n) is 3.04. The zero-order valence-electron chi connectivity index (χ0n) is 11.7. The first-order chi connectivity index (χ1) is 9.00. The molecular weight excluding hydrogens is 246 g/mol. The number of aliphatic carboxylic acids is 1. The van der Waals surface area contributed by atoms with Crippen LogP contribution in [0.2, 0.25) is 0 Å². The Labute approximate surface area is 113 Å². The highest BCUT2D eigenvalue weighted by Gasteiger charge is 2.45. The van der Waals surface area contributed by atoms with Crippen LogP contribution in [0.4, 0.5) is 0 Å². The van der Waals surface area contributed by atoms with Gasteiger partial charge in [-0.3, -0.25) is 9.59 Å². The number of carboxylic acids is 1. The second kappa shape index (κ2) is 5.49. The fraction of sp³-hybridized carbons (Fsp3) is 0.857. The zero-order valence-corrected chi connectivity index (χ0v) is 11.7. The van der Waals surface area contributed by atoms with E-state index in [-0.39, 0.29) is 25.0 Å². The van der Waals surface area contributed by atoms with E-state index in [0.717, 1.165) is 19.3 Å². The number of hydrogen-bond donors (Lipinski definition) is 1. The van der Waals surface area contributed by atoms with Crippen LogP contribution < -0.4 is 0 Å². The van der Waals surface area contributed by atoms with E-state index < -0.39 is 11.4 Å². The smallest absolute Gasteiger partial charge is 0.313 e. The molecule has 19 heavy (non-hydrogen) atoms. The van der Waals surface area contributed by atoms with Gasteiger partial charge in [-0.05, 0) is 31.6 Å². The topological polar surface area (TPSA) is 66.8 Å². The largest absolute Gasteiger partial charge is 0.481 e. The molecule has 2 atom stereocenters. The average molecular weight is 269 g/mol. The molecule has 0 bridgehead atoms. The highest BCUT2D eigenvalue weighted by atomic mass is 16.5. The van der Waals surface area contributed by atoms with Crippen molar-refractivity contribution in [3.8, 4) is 0 Å². The highest BCUT2D eigenvalue weighted by molar-refractivity contribution is 5.81. The molecule has 1 N–H and O–H groups in total. The molecule has 0 spiro atoms. The molecular formula is C14H23NO4. The van der Waals surface area contributed by atoms with E-state index in [1.54, 1.807) is 4.90 Å². The second-order valence-corrected chi connectivity index (χ2v) is 6.01. The van der Waals surface area contributed by atoms with E-state index in [0.29, 0.717) is 18.9 Å². The van der Waals surface area contributed by atoms with Crippen molar-refractivity contribution in [2.24, 2.45) is 17.3 Å². The summed E-state index contributed by atoms with van der Waals surface area (Å²) in [4.78, 5) is 25.7. The molecule has 1 amide bonds. The first-order valence-electron chi connectivity index (χ1n) is 7.01. The maximum Gasteiger partial charge on any atom is 0.313 e. The number of hydrogen-bond acceptors (Lipinski definition) is 3. The minimum Gasteiger partial charge on any atom is -0.481 e. The number of methoxy groups -OCH3 is 1. The number of piperidine rings is 1. The van der Waals surface area contributed by atoms with Crippen molar-refractivity contribution >= 4 is 11.9 Å². The van der Waals surface area contributed by atoms with E-state index in [4.69, 9.17) is 4.74 Å². The number of rotatable bonds is 5. The van der Waals surface area contributed by atoms with Gasteiger partial charge in [-0.25, -0.2) is 0 Å². The average Bonchev–Trinajstić information content (AvgIpc) is 3.22. The van der Waals surface area contributed by atoms with Crippen molar-refractivity contribution in [1.29, 1.82) is 0 Å². The Kier molecular flexibility index (Phi) is 4.13. The summed E-state index contributed by atoms with van der Waals surface area (Å²) in [6.45, 7) is 3.10. The van der Waals surface area contributed by atoms with E-state index in [1.165, 1.54) is 7.11 Å². The molecule has 2 unspecified atom stereocenters. The molecule has 5 nitrogen and oxygen atoms in total. The summed E-state index contributed by atoms with van der Waals surface area (Å²) in [6, 6.07) is 0. The van der Waals surface area contributed by atoms with Gasteiger partial charge in [-0.15, -0.1) is 0 Å². The molecule has 2 rings (SSSR count). The summed E-state index contributed by atoms with van der Waals surface area (Å²) < 4.78 is 5.08. The first kappa shape index (κ1) is 14.3. The molecule has 2 aliphatic rings. The predicted molar refractivity (Wildman–Crippen MR) is 69.6 cm³/mol. The molecule has 5 heteroatoms. The van der Waals surface area contributed by atoms with Crippen molar-refractivity contribution in [3.63, 3.8) is 0 Å². The molecule has 1 aliphatic carbocycles. The number of likely N-dealkylation sites (tertiary alicyclic amines) is 1. The van der Waals surface area contributed by atoms with Crippen LogP contribution in [-0.4, -0.2) is 48.7 Å². The third-order valence-electron chi connectivity index (χ3n) is 4.48. The van der Waals surface area contributed by atoms with Crippen LogP contribution in [0, 0.1) is 17.3 Å². The SMILES string of the molecule is COCC1(C(=O)O)CCCN(C(=O)C(C)C2CC2)C1. The molecule has 1 saturated carbocycles. The van der Waals surface area contributed by atoms with E-state index in [1.807, 2.05) is 6.92 Å². The van der Waals surface area contributed by atoms with Gasteiger partial charge in [-0.2, -0.15) is 0 Å². The lowest BCUT2D eigenvalue weighted by Crippen LogP contribution is -2.53. The Bertz CT molecular complexity index is 362. The van der Waals surface area contributed by atoms with Crippen LogP contribution in [-0.2, 0) is 14.3 Å². The van der Waals surface area contributed by atoms with Gasteiger partial charge in [0.1, 0.15) is 5.41 Å². The van der Waals surface area contributed by atoms with Crippen LogP contribution in [0.25, 0.3) is 0 Å². The lowest BCUT2D eigenvalue weighted by atomic mass is 9.80. The summed E-state index contributed by atoms with van der Waals surface area (Å²) in [7, 11) is 1.51. The molecule has 0 radical (unpaired) electrons. The zero-order chi connectivity index (χ0) is 14.0. The molecule has 1 saturated heterocycles. The third kappa shape index (κ3) is 2.91. The van der Waals surface area contributed by atoms with Gasteiger partial charge in [0.05, 0.1) is 6.61 Å². The second-order valence-electron chi connectivity index (χ2n) is 6.01. The van der Waals surface area contributed by atoms with Crippen molar-refractivity contribution in [1.82, 2.24) is 4.90 Å². The number of nitrogens with zero attached hydrogens (tertiary/aromatic N) is 1. The van der Waals surface area contributed by atoms with Crippen LogP contribution in [0.3, 0.4) is 0 Å². The Morgan fingerprint density at radius 2 is 2.16 bits per heavy atom. The molecule has 2 fully saturated rings. The van der Waals surface area contributed by atoms with E-state index in [9.17, 15) is 14.7 Å². The number of carboxylic acid groups (broad SMARTS) is 1. The van der Waals surface area contributed by atoms with Gasteiger partial charge < -0.3 is 14.7 Å². The van der Waals surface area contributed by atoms with Crippen molar-refractivity contribution < 1.29 is 19.4 Å². The van der Waals surface area contributed by atoms with Gasteiger partial charge >= 0.3 is 5.97 Å². The predicted octanol–water partition coefficient (Wildman–Crippen LogP) is 1.37. The maximum absolute atomic E-state index is 12.4. The molecule has 0 aromatic rings. The number of ether oxygens (including phenoxy) is 1. The molecule has 0 aromatic heterocycles. The standard InChI is InChI=1S/C14H23NO4/c1-10(11-4-5-11)12(16)15-7-3-6-14(8-15,9-19-2)13(17)18/h10-11H,3-9H2,1-2H3,(H,17,18). The van der Waals surface area contributed by atoms with Gasteiger partial charge in [0.25, 0.3) is 0 Å². The van der Waals surface area contributed by atoms with Crippen molar-refractivity contribution in [2.75, 3.05) is 26.8 Å². The molecule has 1 aliphatic heterocycles. The van der Waals surface area contributed by atoms with Gasteiger partial charge in [0, 0.05) is 26.1 Å². The Hall–Kier alpha value is -1.10. The van der Waals surface area contributed by atoms with Crippen LogP contribution in [0.15, 0.2) is 0 Å². The summed E-state index contributed by atoms with van der Waals surface area (Å²) in [5, 5.41) is 9.46. The lowest BCUT2D eigenvalue weighted by Gasteiger charge is -2.40. The van der Waals surface area contributed by atoms with E-state index >= 15 is 0 Å². The lowest BCUT2D eigenvalue weighted by molar-refractivity contribution is -0.160. The Morgan fingerprint density at radius 1 is 1.47 bits per heavy atom. The minimum absolute atomic E-state index is 0.0344. The Balaban J connectivity index is 2.06. The summed E-state index contributed by atoms with van der Waals surface area (Å²) in [6.07, 6.45) is 3.57. The molecule has 0 aromatic carbocycles. The first-order valence-corrected chi connectivity index (χ1v) is 7.01. The van der Waals surface area contributed by atoms with Gasteiger partial charge in [0.2, 0.25) is 5.91 Å². The highest BCUT2D eigenvalue weighted by Crippen LogP contribution is 2.39. The fourth-order valence-corrected chi connectivity index (χ4v) is 3.04. The van der Waals surface area contributed by atoms with Crippen molar-refractivity contribution in [2.45, 2.75) is 32.6 Å². The quantitative estimate of drug-likeness (QED) is 0.818. The van der Waals surface area contributed by atoms with Crippen LogP contribution in [0.5, 0.6) is 0 Å². The Morgan fingerprint density at radius 3 is 2.68 bits per heavy atom. The summed E-state index contributed by atoms with van der Waals surface area (Å²) >= 11 is 0. The normalized spacial score (nSPS) is 29.1. The molecule has 108 valence electrons. The molecule has 1 heterocycles. The van der Waals surface area contributed by atoms with E-state index in [2.05, 4.69) is 0 Å². The maximum atomic E-state index is 12.4. The van der Waals surface area contributed by atoms with Crippen LogP contribution >= 0.6 is 0 Å². The summed E-state index contributed by atoms with van der Waals surface area (Å²) in [5.41, 5.74) is -0.925. The van der Waals surface area contributed by atoms with Gasteiger partial charge in [0.15, 0.2) is 0 Å². The number of carbonyl (C=O) groups is 2. The monoisotopic (exact) mass is 269 g/mol. The minimum atomic E-state index is -0.925. The van der Waals surface area contributed by atoms with Crippen LogP contribution in [0.1, 0.15) is 32.6 Å². The van der Waals surface area contributed by atoms with Gasteiger partial charge in [-0.1, -0.05) is 6.92 Å². The number of amides is 1.